The Hall–Kier alpha value is 0.293. The van der Waals surface area contributed by atoms with E-state index in [-0.39, 0.29) is 24.8 Å². The van der Waals surface area contributed by atoms with Crippen LogP contribution in [0.5, 0.6) is 0 Å². The molecule has 0 amide bonds. The van der Waals surface area contributed by atoms with Crippen LogP contribution in [0, 0.1) is 12.0 Å². The summed E-state index contributed by atoms with van der Waals surface area (Å²) in [6.07, 6.45) is 15.0. The van der Waals surface area contributed by atoms with Gasteiger partial charge in [0.05, 0.1) is 0 Å². The third-order valence-electron chi connectivity index (χ3n) is 3.66. The summed E-state index contributed by atoms with van der Waals surface area (Å²) < 4.78 is 1.51. The van der Waals surface area contributed by atoms with Gasteiger partial charge in [-0.05, 0) is 6.42 Å². The van der Waals surface area contributed by atoms with Crippen LogP contribution in [0.4, 0.5) is 0 Å². The van der Waals surface area contributed by atoms with Crippen LogP contribution in [-0.4, -0.2) is 3.21 Å². The van der Waals surface area contributed by atoms with E-state index in [9.17, 15) is 0 Å². The number of hydrogen-bond donors (Lipinski definition) is 0. The van der Waals surface area contributed by atoms with Crippen molar-refractivity contribution in [2.45, 2.75) is 60.3 Å². The first-order chi connectivity index (χ1) is 9.54. The van der Waals surface area contributed by atoms with Crippen molar-refractivity contribution in [3.63, 3.8) is 0 Å². The van der Waals surface area contributed by atoms with Gasteiger partial charge in [0.25, 0.3) is 0 Å². The summed E-state index contributed by atoms with van der Waals surface area (Å²) in [6.45, 7) is 11.1. The first-order valence-electron chi connectivity index (χ1n) is 7.78. The van der Waals surface area contributed by atoms with E-state index in [4.69, 9.17) is 0 Å². The Morgan fingerprint density at radius 2 is 1.77 bits per heavy atom. The molecule has 2 aliphatic rings. The third-order valence-corrected chi connectivity index (χ3v) is 3.66. The zero-order valence-electron chi connectivity index (χ0n) is 14.4. The van der Waals surface area contributed by atoms with Crippen LogP contribution < -0.4 is 24.8 Å². The van der Waals surface area contributed by atoms with Gasteiger partial charge in [0, 0.05) is 0 Å². The largest absolute Gasteiger partial charge is 1.00 e. The number of halogens is 2. The molecule has 0 aromatic heterocycles. The standard InChI is InChI=1S/C16H21.C3H6.2ClH.Zr/c1-4-12-11-16(13-9-7-8-10-13)15(6-3)14(12)5-2;1-3-2;;;/h7-9,12H,4-6,10H2,1-3H3;1-2H3;2*1H;/q-1;;;;+2/p-2. The van der Waals surface area contributed by atoms with E-state index in [1.807, 2.05) is 0 Å². The molecular weight excluding hydrogens is 390 g/mol. The quantitative estimate of drug-likeness (QED) is 0.542. The van der Waals surface area contributed by atoms with Gasteiger partial charge in [-0.3, -0.25) is 0 Å². The maximum Gasteiger partial charge on any atom is -1.00 e. The van der Waals surface area contributed by atoms with Gasteiger partial charge >= 0.3 is 41.3 Å². The molecule has 0 radical (unpaired) electrons. The molecule has 0 bridgehead atoms. The molecule has 0 aromatic rings. The topological polar surface area (TPSA) is 0 Å². The molecule has 0 fully saturated rings. The Bertz CT molecular complexity index is 478. The molecule has 0 aromatic carbocycles. The normalized spacial score (nSPS) is 18.8. The van der Waals surface area contributed by atoms with E-state index >= 15 is 0 Å². The summed E-state index contributed by atoms with van der Waals surface area (Å²) >= 11 is 1.55. The molecule has 22 heavy (non-hydrogen) atoms. The van der Waals surface area contributed by atoms with Crippen LogP contribution in [0.1, 0.15) is 60.3 Å². The van der Waals surface area contributed by atoms with Crippen LogP contribution in [0.25, 0.3) is 0 Å². The Balaban J connectivity index is 0. The van der Waals surface area contributed by atoms with E-state index in [1.165, 1.54) is 27.2 Å². The van der Waals surface area contributed by atoms with E-state index < -0.39 is 0 Å². The number of allylic oxidation sites excluding steroid dienone is 8. The molecule has 122 valence electrons. The van der Waals surface area contributed by atoms with Crippen molar-refractivity contribution in [1.29, 1.82) is 0 Å². The first-order valence-corrected chi connectivity index (χ1v) is 9.01. The summed E-state index contributed by atoms with van der Waals surface area (Å²) in [5, 5.41) is 0. The van der Waals surface area contributed by atoms with Gasteiger partial charge < -0.3 is 24.8 Å². The Morgan fingerprint density at radius 1 is 1.18 bits per heavy atom. The molecule has 0 aliphatic heterocycles. The minimum atomic E-state index is 0. The van der Waals surface area contributed by atoms with Gasteiger partial charge in [-0.25, -0.2) is 0 Å². The molecule has 0 saturated carbocycles. The van der Waals surface area contributed by atoms with Gasteiger partial charge in [-0.2, -0.15) is 17.2 Å². The number of hydrogen-bond acceptors (Lipinski definition) is 0. The third kappa shape index (κ3) is 6.81. The van der Waals surface area contributed by atoms with E-state index in [0.717, 1.165) is 12.8 Å². The smallest absolute Gasteiger partial charge is 1.00 e. The Kier molecular flexibility index (Phi) is 14.2. The Morgan fingerprint density at radius 3 is 2.14 bits per heavy atom. The molecule has 0 nitrogen and oxygen atoms in total. The average molecular weight is 418 g/mol. The molecule has 0 spiro atoms. The molecule has 0 saturated heterocycles. The van der Waals surface area contributed by atoms with E-state index in [0.29, 0.717) is 5.92 Å². The average Bonchev–Trinajstić information content (AvgIpc) is 3.03. The monoisotopic (exact) mass is 415 g/mol. The van der Waals surface area contributed by atoms with Gasteiger partial charge in [0.1, 0.15) is 0 Å². The molecule has 2 rings (SSSR count). The summed E-state index contributed by atoms with van der Waals surface area (Å²) in [5.74, 6) is 0.580. The summed E-state index contributed by atoms with van der Waals surface area (Å²) in [5.41, 5.74) is 6.10. The van der Waals surface area contributed by atoms with Gasteiger partial charge in [-0.15, -0.1) is 17.2 Å². The van der Waals surface area contributed by atoms with E-state index in [1.54, 1.807) is 35.4 Å². The van der Waals surface area contributed by atoms with Crippen LogP contribution in [0.15, 0.2) is 40.5 Å². The second-order valence-corrected chi connectivity index (χ2v) is 7.97. The van der Waals surface area contributed by atoms with Crippen molar-refractivity contribution in [3.8, 4) is 0 Å². The second kappa shape index (κ2) is 12.7. The van der Waals surface area contributed by atoms with Crippen molar-refractivity contribution < 1.29 is 49.0 Å². The molecule has 0 heterocycles. The van der Waals surface area contributed by atoms with Crippen molar-refractivity contribution >= 4 is 3.21 Å². The van der Waals surface area contributed by atoms with Crippen molar-refractivity contribution in [2.24, 2.45) is 5.92 Å². The molecule has 1 atom stereocenters. The zero-order chi connectivity index (χ0) is 15.1. The molecule has 1 unspecified atom stereocenters. The van der Waals surface area contributed by atoms with Crippen molar-refractivity contribution in [2.75, 3.05) is 0 Å². The second-order valence-electron chi connectivity index (χ2n) is 5.52. The van der Waals surface area contributed by atoms with Gasteiger partial charge in [0.15, 0.2) is 0 Å². The SMILES string of the molecule is CCC1=C(CC)C(CC)[C-]=C1C1=CC=CC1.C[C](C)=[Zr+2].[Cl-].[Cl-]. The van der Waals surface area contributed by atoms with Crippen LogP contribution >= 0.6 is 0 Å². The first kappa shape index (κ1) is 24.5. The maximum absolute atomic E-state index is 3.72. The molecule has 3 heteroatoms. The fraction of sp³-hybridized carbons (Fsp3) is 0.526. The molecule has 0 N–H and O–H groups in total. The van der Waals surface area contributed by atoms with Crippen LogP contribution in [-0.2, 0) is 24.2 Å². The maximum atomic E-state index is 3.72. The van der Waals surface area contributed by atoms with Gasteiger partial charge in [-0.1, -0.05) is 58.1 Å². The minimum Gasteiger partial charge on any atom is -1.00 e. The fourth-order valence-corrected chi connectivity index (χ4v) is 2.85. The van der Waals surface area contributed by atoms with Gasteiger partial charge in [0.2, 0.25) is 0 Å². The summed E-state index contributed by atoms with van der Waals surface area (Å²) in [7, 11) is 0. The van der Waals surface area contributed by atoms with E-state index in [2.05, 4.69) is 58.9 Å². The summed E-state index contributed by atoms with van der Waals surface area (Å²) in [4.78, 5) is 0. The van der Waals surface area contributed by atoms with Crippen molar-refractivity contribution in [1.82, 2.24) is 0 Å². The predicted octanol–water partition coefficient (Wildman–Crippen LogP) is -0.488. The zero-order valence-corrected chi connectivity index (χ0v) is 18.4. The summed E-state index contributed by atoms with van der Waals surface area (Å²) in [6, 6.07) is 0. The minimum absolute atomic E-state index is 0. The fourth-order valence-electron chi connectivity index (χ4n) is 2.85. The van der Waals surface area contributed by atoms with Crippen LogP contribution in [0.2, 0.25) is 0 Å². The predicted molar refractivity (Wildman–Crippen MR) is 86.3 cm³/mol. The number of rotatable bonds is 4. The molecular formula is C19H27Cl2Zr-. The van der Waals surface area contributed by atoms with Crippen LogP contribution in [0.3, 0.4) is 0 Å². The molecule has 2 aliphatic carbocycles. The van der Waals surface area contributed by atoms with Crippen molar-refractivity contribution in [3.05, 3.63) is 46.6 Å². The Labute approximate surface area is 164 Å².